The Balaban J connectivity index is 1.53. The molecule has 1 aliphatic heterocycles. The average molecular weight is 498 g/mol. The first-order valence-corrected chi connectivity index (χ1v) is 12.0. The predicted molar refractivity (Wildman–Crippen MR) is 136 cm³/mol. The van der Waals surface area contributed by atoms with Crippen LogP contribution in [0.1, 0.15) is 37.5 Å². The number of halogens is 1. The normalized spacial score (nSPS) is 15.9. The minimum atomic E-state index is -1.11. The summed E-state index contributed by atoms with van der Waals surface area (Å²) in [5.41, 5.74) is 0.665. The van der Waals surface area contributed by atoms with Crippen molar-refractivity contribution in [1.29, 1.82) is 0 Å². The van der Waals surface area contributed by atoms with E-state index < -0.39 is 35.2 Å². The zero-order valence-corrected chi connectivity index (χ0v) is 19.8. The fourth-order valence-corrected chi connectivity index (χ4v) is 4.75. The van der Waals surface area contributed by atoms with Crippen LogP contribution in [0.15, 0.2) is 85.1 Å². The Hall–Kier alpha value is -4.43. The monoisotopic (exact) mass is 497 g/mol. The van der Waals surface area contributed by atoms with Gasteiger partial charge < -0.3 is 10.6 Å². The van der Waals surface area contributed by atoms with Gasteiger partial charge in [0.1, 0.15) is 11.9 Å². The molecule has 0 bridgehead atoms. The topological polar surface area (TPSA) is 97.3 Å². The molecule has 1 fully saturated rings. The molecule has 3 aromatic carbocycles. The number of aromatic nitrogens is 1. The lowest BCUT2D eigenvalue weighted by molar-refractivity contribution is -0.117. The lowest BCUT2D eigenvalue weighted by Crippen LogP contribution is -2.49. The number of carbonyl (C=O) groups is 4. The number of benzene rings is 3. The van der Waals surface area contributed by atoms with Crippen molar-refractivity contribution in [3.05, 3.63) is 108 Å². The highest BCUT2D eigenvalue weighted by Gasteiger charge is 2.37. The molecule has 0 saturated carbocycles. The van der Waals surface area contributed by atoms with Crippen LogP contribution in [0.25, 0.3) is 10.9 Å². The Morgan fingerprint density at radius 3 is 2.22 bits per heavy atom. The molecule has 1 aromatic heterocycles. The van der Waals surface area contributed by atoms with Gasteiger partial charge in [-0.05, 0) is 49.4 Å². The molecule has 2 unspecified atom stereocenters. The molecule has 8 heteroatoms. The molecule has 186 valence electrons. The van der Waals surface area contributed by atoms with Crippen LogP contribution < -0.4 is 10.6 Å². The Morgan fingerprint density at radius 1 is 0.892 bits per heavy atom. The number of hydrogen-bond donors (Lipinski definition) is 2. The van der Waals surface area contributed by atoms with E-state index in [1.807, 2.05) is 0 Å². The highest BCUT2D eigenvalue weighted by Crippen LogP contribution is 2.27. The maximum Gasteiger partial charge on any atom is 0.262 e. The average Bonchev–Trinajstić information content (AvgIpc) is 3.61. The third-order valence-corrected chi connectivity index (χ3v) is 6.66. The van der Waals surface area contributed by atoms with E-state index in [9.17, 15) is 19.2 Å². The largest absolute Gasteiger partial charge is 0.341 e. The van der Waals surface area contributed by atoms with Gasteiger partial charge in [-0.2, -0.15) is 0 Å². The first kappa shape index (κ1) is 24.3. The highest BCUT2D eigenvalue weighted by molar-refractivity contribution is 6.47. The molecule has 5 rings (SSSR count). The minimum Gasteiger partial charge on any atom is -0.341 e. The number of rotatable bonds is 7. The zero-order chi connectivity index (χ0) is 25.9. The van der Waals surface area contributed by atoms with E-state index in [4.69, 9.17) is 0 Å². The number of nitrogens with one attached hydrogen (secondary N) is 2. The van der Waals surface area contributed by atoms with Gasteiger partial charge in [-0.1, -0.05) is 42.5 Å². The molecule has 0 aliphatic carbocycles. The fraction of sp³-hybridized carbons (Fsp3) is 0.172. The molecule has 1 amide bonds. The van der Waals surface area contributed by atoms with Crippen molar-refractivity contribution in [2.45, 2.75) is 12.5 Å². The summed E-state index contributed by atoms with van der Waals surface area (Å²) in [6, 6.07) is 19.8. The standard InChI is InChI=1S/C29H24FN3O4/c30-22-12-7-13-23-24(22)21(17-33(23)29(37)19-10-5-2-6-11-19)26(34)27(35)25(20-14-15-31-16-20)32-28(36)18-8-3-1-4-9-18/h1-13,17,20,25,31H,14-16H2,(H,32,36). The molecular weight excluding hydrogens is 473 g/mol. The van der Waals surface area contributed by atoms with Crippen molar-refractivity contribution in [2.24, 2.45) is 5.92 Å². The first-order chi connectivity index (χ1) is 18.0. The molecular formula is C29H24FN3O4. The Morgan fingerprint density at radius 2 is 1.57 bits per heavy atom. The van der Waals surface area contributed by atoms with Gasteiger partial charge in [0.05, 0.1) is 11.1 Å². The second kappa shape index (κ2) is 10.3. The van der Waals surface area contributed by atoms with Crippen molar-refractivity contribution >= 4 is 34.3 Å². The smallest absolute Gasteiger partial charge is 0.262 e. The molecule has 0 spiro atoms. The van der Waals surface area contributed by atoms with Crippen molar-refractivity contribution in [3.8, 4) is 0 Å². The van der Waals surface area contributed by atoms with Gasteiger partial charge in [0.15, 0.2) is 0 Å². The summed E-state index contributed by atoms with van der Waals surface area (Å²) in [6.45, 7) is 1.09. The van der Waals surface area contributed by atoms with Crippen LogP contribution in [0.4, 0.5) is 4.39 Å². The summed E-state index contributed by atoms with van der Waals surface area (Å²) < 4.78 is 16.2. The highest BCUT2D eigenvalue weighted by atomic mass is 19.1. The van der Waals surface area contributed by atoms with Gasteiger partial charge in [0.25, 0.3) is 11.8 Å². The van der Waals surface area contributed by atoms with Crippen LogP contribution in [0.3, 0.4) is 0 Å². The van der Waals surface area contributed by atoms with Crippen molar-refractivity contribution in [2.75, 3.05) is 13.1 Å². The quantitative estimate of drug-likeness (QED) is 0.300. The van der Waals surface area contributed by atoms with Crippen molar-refractivity contribution in [3.63, 3.8) is 0 Å². The summed E-state index contributed by atoms with van der Waals surface area (Å²) >= 11 is 0. The van der Waals surface area contributed by atoms with E-state index in [0.717, 1.165) is 0 Å². The minimum absolute atomic E-state index is 0.109. The number of hydrogen-bond acceptors (Lipinski definition) is 5. The first-order valence-electron chi connectivity index (χ1n) is 12.0. The van der Waals surface area contributed by atoms with Crippen LogP contribution in [0.5, 0.6) is 0 Å². The second-order valence-electron chi connectivity index (χ2n) is 8.98. The second-order valence-corrected chi connectivity index (χ2v) is 8.98. The summed E-state index contributed by atoms with van der Waals surface area (Å²) in [5, 5.41) is 5.77. The van der Waals surface area contributed by atoms with Gasteiger partial charge >= 0.3 is 0 Å². The molecule has 2 atom stereocenters. The van der Waals surface area contributed by atoms with E-state index in [2.05, 4.69) is 10.6 Å². The van der Waals surface area contributed by atoms with Gasteiger partial charge in [-0.15, -0.1) is 0 Å². The molecule has 0 radical (unpaired) electrons. The van der Waals surface area contributed by atoms with Crippen LogP contribution in [0.2, 0.25) is 0 Å². The van der Waals surface area contributed by atoms with E-state index in [-0.39, 0.29) is 22.4 Å². The van der Waals surface area contributed by atoms with E-state index >= 15 is 4.39 Å². The summed E-state index contributed by atoms with van der Waals surface area (Å²) in [4.78, 5) is 53.3. The summed E-state index contributed by atoms with van der Waals surface area (Å²) in [6.07, 6.45) is 1.80. The van der Waals surface area contributed by atoms with Gasteiger partial charge in [-0.3, -0.25) is 23.7 Å². The van der Waals surface area contributed by atoms with Crippen LogP contribution in [0, 0.1) is 11.7 Å². The van der Waals surface area contributed by atoms with Gasteiger partial charge in [0, 0.05) is 35.2 Å². The summed E-state index contributed by atoms with van der Waals surface area (Å²) in [7, 11) is 0. The Labute approximate surface area is 212 Å². The number of Topliss-reactive ketones (excluding diaryl/α,β-unsaturated/α-hetero) is 2. The lowest BCUT2D eigenvalue weighted by atomic mass is 9.90. The maximum atomic E-state index is 15.0. The molecule has 1 aliphatic rings. The van der Waals surface area contributed by atoms with Crippen LogP contribution in [-0.4, -0.2) is 47.1 Å². The SMILES string of the molecule is O=C(NC(C(=O)C(=O)c1cn(C(=O)c2ccccc2)c2cccc(F)c12)C1CCNC1)c1ccccc1. The zero-order valence-electron chi connectivity index (χ0n) is 19.8. The number of nitrogens with zero attached hydrogens (tertiary/aromatic N) is 1. The lowest BCUT2D eigenvalue weighted by Gasteiger charge is -2.22. The third-order valence-electron chi connectivity index (χ3n) is 6.66. The Kier molecular flexibility index (Phi) is 6.74. The molecule has 1 saturated heterocycles. The van der Waals surface area contributed by atoms with E-state index in [1.165, 1.54) is 29.0 Å². The Bertz CT molecular complexity index is 1490. The van der Waals surface area contributed by atoms with E-state index in [0.29, 0.717) is 30.6 Å². The molecule has 4 aromatic rings. The molecule has 7 nitrogen and oxygen atoms in total. The molecule has 2 N–H and O–H groups in total. The molecule has 2 heterocycles. The van der Waals surface area contributed by atoms with Crippen LogP contribution in [-0.2, 0) is 4.79 Å². The van der Waals surface area contributed by atoms with Gasteiger partial charge in [0.2, 0.25) is 11.6 Å². The number of carbonyl (C=O) groups excluding carboxylic acids is 4. The third kappa shape index (κ3) is 4.71. The summed E-state index contributed by atoms with van der Waals surface area (Å²) in [5.74, 6) is -3.79. The van der Waals surface area contributed by atoms with Gasteiger partial charge in [-0.25, -0.2) is 4.39 Å². The van der Waals surface area contributed by atoms with Crippen molar-refractivity contribution in [1.82, 2.24) is 15.2 Å². The predicted octanol–water partition coefficient (Wildman–Crippen LogP) is 3.63. The number of ketones is 2. The fourth-order valence-electron chi connectivity index (χ4n) is 4.75. The van der Waals surface area contributed by atoms with E-state index in [1.54, 1.807) is 60.7 Å². The molecule has 37 heavy (non-hydrogen) atoms. The number of amides is 1. The number of fused-ring (bicyclic) bond motifs is 1. The van der Waals surface area contributed by atoms with Crippen LogP contribution >= 0.6 is 0 Å². The van der Waals surface area contributed by atoms with Crippen molar-refractivity contribution < 1.29 is 23.6 Å². The maximum absolute atomic E-state index is 15.0.